The van der Waals surface area contributed by atoms with Gasteiger partial charge in [0.25, 0.3) is 0 Å². The van der Waals surface area contributed by atoms with E-state index in [9.17, 15) is 14.3 Å². The van der Waals surface area contributed by atoms with Crippen molar-refractivity contribution in [3.05, 3.63) is 6.20 Å². The first kappa shape index (κ1) is 15.3. The molecule has 1 amide bonds. The highest BCUT2D eigenvalue weighted by molar-refractivity contribution is 7.98. The first-order valence-electron chi connectivity index (χ1n) is 7.14. The molecule has 0 aliphatic carbocycles. The fourth-order valence-corrected chi connectivity index (χ4v) is 3.76. The van der Waals surface area contributed by atoms with E-state index in [0.717, 1.165) is 6.42 Å². The minimum Gasteiger partial charge on any atom is -0.465 e. The topological polar surface area (TPSA) is 82.5 Å². The normalized spacial score (nSPS) is 30.4. The molecule has 7 nitrogen and oxygen atoms in total. The zero-order valence-corrected chi connectivity index (χ0v) is 13.2. The highest BCUT2D eigenvalue weighted by Crippen LogP contribution is 2.39. The summed E-state index contributed by atoms with van der Waals surface area (Å²) in [6.45, 7) is 0. The second-order valence-corrected chi connectivity index (χ2v) is 6.42. The van der Waals surface area contributed by atoms with Gasteiger partial charge in [0.15, 0.2) is 5.82 Å². The molecular weight excluding hydrogens is 309 g/mol. The Labute approximate surface area is 131 Å². The molecular formula is C13H18FN5O2S. The number of carboxylic acid groups (broad SMARTS) is 1. The molecule has 2 saturated heterocycles. The minimum absolute atomic E-state index is 0.117. The molecule has 0 radical (unpaired) electrons. The van der Waals surface area contributed by atoms with E-state index in [2.05, 4.69) is 15.2 Å². The Bertz CT molecular complexity index is 560. The van der Waals surface area contributed by atoms with Gasteiger partial charge in [-0.1, -0.05) is 11.8 Å². The van der Waals surface area contributed by atoms with Crippen molar-refractivity contribution >= 4 is 23.7 Å². The van der Waals surface area contributed by atoms with E-state index in [1.807, 2.05) is 6.26 Å². The molecule has 2 aliphatic rings. The van der Waals surface area contributed by atoms with Crippen molar-refractivity contribution in [1.82, 2.24) is 20.1 Å². The standard InChI is InChI=1S/C13H18FN5O2S/c1-18(10-6-15-12(22-2)17-16-10)9-5-7-3-4-8(11(9)14)19(7)13(20)21/h6-9,11H,3-5H2,1-2H3,(H,20,21). The number of nitrogens with zero attached hydrogens (tertiary/aromatic N) is 5. The summed E-state index contributed by atoms with van der Waals surface area (Å²) < 4.78 is 14.8. The average Bonchev–Trinajstić information content (AvgIpc) is 2.88. The van der Waals surface area contributed by atoms with E-state index in [1.54, 1.807) is 18.1 Å². The van der Waals surface area contributed by atoms with Gasteiger partial charge in [-0.15, -0.1) is 10.2 Å². The molecule has 0 aromatic carbocycles. The zero-order valence-electron chi connectivity index (χ0n) is 12.4. The number of fused-ring (bicyclic) bond motifs is 2. The van der Waals surface area contributed by atoms with Gasteiger partial charge in [0.05, 0.1) is 18.3 Å². The molecule has 0 saturated carbocycles. The summed E-state index contributed by atoms with van der Waals surface area (Å²) in [6.07, 6.45) is 2.94. The van der Waals surface area contributed by atoms with Gasteiger partial charge in [0.1, 0.15) is 6.17 Å². The van der Waals surface area contributed by atoms with Crippen molar-refractivity contribution in [3.63, 3.8) is 0 Å². The van der Waals surface area contributed by atoms with Crippen LogP contribution < -0.4 is 4.90 Å². The number of hydrogen-bond acceptors (Lipinski definition) is 6. The van der Waals surface area contributed by atoms with Crippen LogP contribution >= 0.6 is 11.8 Å². The zero-order chi connectivity index (χ0) is 15.9. The first-order chi connectivity index (χ1) is 10.5. The number of carbonyl (C=O) groups is 1. The maximum atomic E-state index is 14.8. The molecule has 1 aromatic rings. The van der Waals surface area contributed by atoms with E-state index in [-0.39, 0.29) is 6.04 Å². The Hall–Kier alpha value is -1.64. The first-order valence-corrected chi connectivity index (χ1v) is 8.37. The highest BCUT2D eigenvalue weighted by Gasteiger charge is 2.51. The number of alkyl halides is 1. The number of halogens is 1. The number of amides is 1. The molecule has 1 aromatic heterocycles. The third-order valence-corrected chi connectivity index (χ3v) is 5.14. The van der Waals surface area contributed by atoms with Crippen LogP contribution in [0.4, 0.5) is 15.0 Å². The smallest absolute Gasteiger partial charge is 0.407 e. The number of thioether (sulfide) groups is 1. The van der Waals surface area contributed by atoms with Crippen molar-refractivity contribution in [1.29, 1.82) is 0 Å². The predicted molar refractivity (Wildman–Crippen MR) is 80.0 cm³/mol. The van der Waals surface area contributed by atoms with E-state index in [1.165, 1.54) is 16.7 Å². The molecule has 2 aliphatic heterocycles. The van der Waals surface area contributed by atoms with Crippen LogP contribution in [-0.2, 0) is 0 Å². The monoisotopic (exact) mass is 327 g/mol. The minimum atomic E-state index is -1.23. The van der Waals surface area contributed by atoms with Gasteiger partial charge in [-0.05, 0) is 25.5 Å². The predicted octanol–water partition coefficient (Wildman–Crippen LogP) is 1.65. The van der Waals surface area contributed by atoms with Gasteiger partial charge in [-0.3, -0.25) is 4.90 Å². The summed E-state index contributed by atoms with van der Waals surface area (Å²) in [5.41, 5.74) is 0. The Morgan fingerprint density at radius 3 is 2.86 bits per heavy atom. The quantitative estimate of drug-likeness (QED) is 0.845. The van der Waals surface area contributed by atoms with Crippen LogP contribution in [0, 0.1) is 0 Å². The molecule has 22 heavy (non-hydrogen) atoms. The fraction of sp³-hybridized carbons (Fsp3) is 0.692. The van der Waals surface area contributed by atoms with Crippen molar-refractivity contribution in [2.45, 2.75) is 48.7 Å². The Balaban J connectivity index is 1.79. The molecule has 0 spiro atoms. The van der Waals surface area contributed by atoms with Gasteiger partial charge in [-0.2, -0.15) is 0 Å². The Morgan fingerprint density at radius 2 is 2.27 bits per heavy atom. The van der Waals surface area contributed by atoms with Gasteiger partial charge in [0, 0.05) is 13.1 Å². The number of hydrogen-bond donors (Lipinski definition) is 1. The molecule has 4 unspecified atom stereocenters. The summed E-state index contributed by atoms with van der Waals surface area (Å²) in [5.74, 6) is 0.508. The SMILES string of the molecule is CSc1ncc(N(C)C2CC3CCC(C2F)N3C(=O)O)nn1. The van der Waals surface area contributed by atoms with Crippen LogP contribution in [0.5, 0.6) is 0 Å². The van der Waals surface area contributed by atoms with Crippen LogP contribution in [0.1, 0.15) is 19.3 Å². The summed E-state index contributed by atoms with van der Waals surface area (Å²) >= 11 is 1.39. The lowest BCUT2D eigenvalue weighted by molar-refractivity contribution is 0.0489. The van der Waals surface area contributed by atoms with Gasteiger partial charge < -0.3 is 10.0 Å². The van der Waals surface area contributed by atoms with E-state index in [4.69, 9.17) is 0 Å². The highest BCUT2D eigenvalue weighted by atomic mass is 32.2. The third kappa shape index (κ3) is 2.47. The third-order valence-electron chi connectivity index (χ3n) is 4.59. The summed E-state index contributed by atoms with van der Waals surface area (Å²) in [7, 11) is 1.76. The number of aromatic nitrogens is 3. The van der Waals surface area contributed by atoms with Crippen molar-refractivity contribution in [2.24, 2.45) is 0 Å². The van der Waals surface area contributed by atoms with E-state index < -0.39 is 24.3 Å². The van der Waals surface area contributed by atoms with Gasteiger partial charge in [0.2, 0.25) is 5.16 Å². The average molecular weight is 327 g/mol. The van der Waals surface area contributed by atoms with Crippen LogP contribution in [0.2, 0.25) is 0 Å². The second kappa shape index (κ2) is 5.86. The molecule has 9 heteroatoms. The summed E-state index contributed by atoms with van der Waals surface area (Å²) in [4.78, 5) is 18.5. The van der Waals surface area contributed by atoms with Crippen molar-refractivity contribution in [3.8, 4) is 0 Å². The Kier molecular flexibility index (Phi) is 4.07. The lowest BCUT2D eigenvalue weighted by atomic mass is 9.94. The van der Waals surface area contributed by atoms with Gasteiger partial charge in [-0.25, -0.2) is 14.2 Å². The molecule has 3 heterocycles. The van der Waals surface area contributed by atoms with Crippen LogP contribution in [0.15, 0.2) is 11.4 Å². The van der Waals surface area contributed by atoms with Crippen LogP contribution in [0.25, 0.3) is 0 Å². The van der Waals surface area contributed by atoms with Crippen molar-refractivity contribution < 1.29 is 14.3 Å². The van der Waals surface area contributed by atoms with E-state index in [0.29, 0.717) is 23.8 Å². The lowest BCUT2D eigenvalue weighted by Gasteiger charge is -2.43. The van der Waals surface area contributed by atoms with Crippen LogP contribution in [0.3, 0.4) is 0 Å². The summed E-state index contributed by atoms with van der Waals surface area (Å²) in [6, 6.07) is -1.08. The lowest BCUT2D eigenvalue weighted by Crippen LogP contribution is -2.58. The maximum Gasteiger partial charge on any atom is 0.407 e. The number of anilines is 1. The van der Waals surface area contributed by atoms with Crippen LogP contribution in [-0.4, -0.2) is 68.9 Å². The van der Waals surface area contributed by atoms with Gasteiger partial charge >= 0.3 is 6.09 Å². The van der Waals surface area contributed by atoms with E-state index >= 15 is 0 Å². The second-order valence-electron chi connectivity index (χ2n) is 5.65. The fourth-order valence-electron chi connectivity index (χ4n) is 3.47. The molecule has 4 atom stereocenters. The summed E-state index contributed by atoms with van der Waals surface area (Å²) in [5, 5.41) is 17.9. The molecule has 2 fully saturated rings. The number of piperidine rings is 1. The van der Waals surface area contributed by atoms with Crippen molar-refractivity contribution in [2.75, 3.05) is 18.2 Å². The molecule has 1 N–H and O–H groups in total. The Morgan fingerprint density at radius 1 is 1.50 bits per heavy atom. The molecule has 3 rings (SSSR count). The largest absolute Gasteiger partial charge is 0.465 e. The number of rotatable bonds is 3. The maximum absolute atomic E-state index is 14.8. The molecule has 2 bridgehead atoms. The molecule has 120 valence electrons.